The molecule has 1 fully saturated rings. The van der Waals surface area contributed by atoms with Crippen molar-refractivity contribution >= 4 is 11.3 Å². The standard InChI is InChI=1S/C14H20N4OS/c15-4-3-11-10-20-14(17-11)13(12-2-1-5-16-12)18-6-8-19-9-7-18/h1-2,5,10,13,16H,3-4,6-9,15H2. The number of nitrogens with zero attached hydrogens (tertiary/aromatic N) is 2. The summed E-state index contributed by atoms with van der Waals surface area (Å²) in [7, 11) is 0. The summed E-state index contributed by atoms with van der Waals surface area (Å²) in [4.78, 5) is 10.5. The summed E-state index contributed by atoms with van der Waals surface area (Å²) >= 11 is 1.72. The number of H-pyrrole nitrogens is 1. The first-order valence-electron chi connectivity index (χ1n) is 6.98. The molecule has 20 heavy (non-hydrogen) atoms. The van der Waals surface area contributed by atoms with Crippen LogP contribution in [0.2, 0.25) is 0 Å². The summed E-state index contributed by atoms with van der Waals surface area (Å²) in [6.07, 6.45) is 2.81. The van der Waals surface area contributed by atoms with Crippen LogP contribution >= 0.6 is 11.3 Å². The second-order valence-corrected chi connectivity index (χ2v) is 5.78. The second-order valence-electron chi connectivity index (χ2n) is 4.89. The molecule has 2 aromatic rings. The summed E-state index contributed by atoms with van der Waals surface area (Å²) in [6, 6.07) is 4.37. The molecule has 1 saturated heterocycles. The van der Waals surface area contributed by atoms with Crippen LogP contribution in [0.5, 0.6) is 0 Å². The van der Waals surface area contributed by atoms with Crippen LogP contribution in [0.4, 0.5) is 0 Å². The van der Waals surface area contributed by atoms with E-state index in [9.17, 15) is 0 Å². The highest BCUT2D eigenvalue weighted by Crippen LogP contribution is 2.30. The molecule has 0 bridgehead atoms. The summed E-state index contributed by atoms with van der Waals surface area (Å²) in [6.45, 7) is 4.11. The van der Waals surface area contributed by atoms with E-state index in [-0.39, 0.29) is 6.04 Å². The Kier molecular flexibility index (Phi) is 4.47. The molecule has 0 amide bonds. The fourth-order valence-corrected chi connectivity index (χ4v) is 3.55. The first kappa shape index (κ1) is 13.8. The summed E-state index contributed by atoms with van der Waals surface area (Å²) in [5, 5.41) is 3.26. The lowest BCUT2D eigenvalue weighted by atomic mass is 10.1. The van der Waals surface area contributed by atoms with Gasteiger partial charge < -0.3 is 15.5 Å². The van der Waals surface area contributed by atoms with Crippen LogP contribution in [-0.2, 0) is 11.2 Å². The Labute approximate surface area is 122 Å². The molecule has 1 atom stereocenters. The molecule has 0 saturated carbocycles. The molecule has 3 N–H and O–H groups in total. The fraction of sp³-hybridized carbons (Fsp3) is 0.500. The Morgan fingerprint density at radius 3 is 3.00 bits per heavy atom. The van der Waals surface area contributed by atoms with E-state index in [4.69, 9.17) is 15.5 Å². The van der Waals surface area contributed by atoms with Crippen molar-refractivity contribution in [3.63, 3.8) is 0 Å². The Hall–Kier alpha value is -1.21. The van der Waals surface area contributed by atoms with Crippen LogP contribution in [0.3, 0.4) is 0 Å². The topological polar surface area (TPSA) is 67.2 Å². The molecule has 108 valence electrons. The summed E-state index contributed by atoms with van der Waals surface area (Å²) in [5.74, 6) is 0. The zero-order chi connectivity index (χ0) is 13.8. The third-order valence-electron chi connectivity index (χ3n) is 3.53. The highest BCUT2D eigenvalue weighted by molar-refractivity contribution is 7.09. The number of ether oxygens (including phenoxy) is 1. The van der Waals surface area contributed by atoms with E-state index in [1.807, 2.05) is 12.3 Å². The van der Waals surface area contributed by atoms with E-state index in [0.717, 1.165) is 43.4 Å². The Morgan fingerprint density at radius 2 is 2.30 bits per heavy atom. The lowest BCUT2D eigenvalue weighted by molar-refractivity contribution is 0.0232. The Morgan fingerprint density at radius 1 is 1.45 bits per heavy atom. The van der Waals surface area contributed by atoms with Gasteiger partial charge in [-0.15, -0.1) is 11.3 Å². The van der Waals surface area contributed by atoms with Crippen LogP contribution in [-0.4, -0.2) is 47.7 Å². The molecule has 0 spiro atoms. The van der Waals surface area contributed by atoms with E-state index in [0.29, 0.717) is 6.54 Å². The van der Waals surface area contributed by atoms with Crippen molar-refractivity contribution in [1.29, 1.82) is 0 Å². The van der Waals surface area contributed by atoms with E-state index >= 15 is 0 Å². The van der Waals surface area contributed by atoms with Gasteiger partial charge >= 0.3 is 0 Å². The van der Waals surface area contributed by atoms with Gasteiger partial charge in [0.25, 0.3) is 0 Å². The molecule has 6 heteroatoms. The van der Waals surface area contributed by atoms with Gasteiger partial charge in [0.2, 0.25) is 0 Å². The van der Waals surface area contributed by atoms with Gasteiger partial charge in [-0.25, -0.2) is 4.98 Å². The number of aromatic nitrogens is 2. The number of nitrogens with two attached hydrogens (primary N) is 1. The van der Waals surface area contributed by atoms with Crippen LogP contribution in [0.25, 0.3) is 0 Å². The molecule has 0 aliphatic carbocycles. The Bertz CT molecular complexity index is 519. The first-order valence-corrected chi connectivity index (χ1v) is 7.86. The van der Waals surface area contributed by atoms with E-state index in [1.165, 1.54) is 5.69 Å². The van der Waals surface area contributed by atoms with Gasteiger partial charge in [-0.3, -0.25) is 4.90 Å². The molecule has 1 aliphatic heterocycles. The average Bonchev–Trinajstić information content (AvgIpc) is 3.14. The minimum absolute atomic E-state index is 0.199. The van der Waals surface area contributed by atoms with Gasteiger partial charge in [0.15, 0.2) is 0 Å². The fourth-order valence-electron chi connectivity index (χ4n) is 2.55. The smallest absolute Gasteiger partial charge is 0.116 e. The van der Waals surface area contributed by atoms with Crippen molar-refractivity contribution in [2.24, 2.45) is 5.73 Å². The maximum absolute atomic E-state index is 5.61. The number of hydrogen-bond donors (Lipinski definition) is 2. The predicted molar refractivity (Wildman–Crippen MR) is 79.9 cm³/mol. The van der Waals surface area contributed by atoms with Crippen molar-refractivity contribution in [1.82, 2.24) is 14.9 Å². The van der Waals surface area contributed by atoms with Crippen molar-refractivity contribution in [2.45, 2.75) is 12.5 Å². The minimum Gasteiger partial charge on any atom is -0.379 e. The molecule has 1 aliphatic rings. The molecule has 3 rings (SSSR count). The third kappa shape index (κ3) is 2.93. The van der Waals surface area contributed by atoms with Gasteiger partial charge in [-0.1, -0.05) is 0 Å². The number of aromatic amines is 1. The van der Waals surface area contributed by atoms with Gasteiger partial charge in [0, 0.05) is 36.8 Å². The Balaban J connectivity index is 1.87. The maximum Gasteiger partial charge on any atom is 0.116 e. The molecule has 2 aromatic heterocycles. The summed E-state index contributed by atoms with van der Waals surface area (Å²) < 4.78 is 5.46. The zero-order valence-electron chi connectivity index (χ0n) is 11.4. The maximum atomic E-state index is 5.61. The largest absolute Gasteiger partial charge is 0.379 e. The quantitative estimate of drug-likeness (QED) is 0.874. The van der Waals surface area contributed by atoms with E-state index < -0.39 is 0 Å². The third-order valence-corrected chi connectivity index (χ3v) is 4.48. The summed E-state index contributed by atoms with van der Waals surface area (Å²) in [5.41, 5.74) is 7.90. The number of rotatable bonds is 5. The molecular formula is C14H20N4OS. The van der Waals surface area contributed by atoms with Gasteiger partial charge in [0.1, 0.15) is 11.0 Å². The molecule has 0 radical (unpaired) electrons. The number of thiazole rings is 1. The average molecular weight is 292 g/mol. The van der Waals surface area contributed by atoms with Crippen molar-refractivity contribution < 1.29 is 4.74 Å². The van der Waals surface area contributed by atoms with Crippen LogP contribution in [0.15, 0.2) is 23.7 Å². The SMILES string of the molecule is NCCc1csc(C(c2ccc[nH]2)N2CCOCC2)n1. The first-order chi connectivity index (χ1) is 9.88. The second kappa shape index (κ2) is 6.49. The molecular weight excluding hydrogens is 272 g/mol. The predicted octanol–water partition coefficient (Wildman–Crippen LogP) is 1.39. The van der Waals surface area contributed by atoms with Crippen LogP contribution in [0.1, 0.15) is 22.4 Å². The highest BCUT2D eigenvalue weighted by Gasteiger charge is 2.27. The molecule has 3 heterocycles. The highest BCUT2D eigenvalue weighted by atomic mass is 32.1. The van der Waals surface area contributed by atoms with E-state index in [1.54, 1.807) is 11.3 Å². The van der Waals surface area contributed by atoms with Gasteiger partial charge in [-0.2, -0.15) is 0 Å². The monoisotopic (exact) mass is 292 g/mol. The van der Waals surface area contributed by atoms with Crippen molar-refractivity contribution in [2.75, 3.05) is 32.8 Å². The number of morpholine rings is 1. The lowest BCUT2D eigenvalue weighted by Crippen LogP contribution is -2.39. The van der Waals surface area contributed by atoms with Crippen molar-refractivity contribution in [3.05, 3.63) is 40.1 Å². The normalized spacial score (nSPS) is 18.2. The van der Waals surface area contributed by atoms with Gasteiger partial charge in [-0.05, 0) is 18.7 Å². The molecule has 0 aromatic carbocycles. The van der Waals surface area contributed by atoms with Crippen LogP contribution < -0.4 is 5.73 Å². The van der Waals surface area contributed by atoms with Gasteiger partial charge in [0.05, 0.1) is 18.9 Å². The van der Waals surface area contributed by atoms with Crippen LogP contribution in [0, 0.1) is 0 Å². The minimum atomic E-state index is 0.199. The zero-order valence-corrected chi connectivity index (χ0v) is 12.2. The lowest BCUT2D eigenvalue weighted by Gasteiger charge is -2.32. The number of hydrogen-bond acceptors (Lipinski definition) is 5. The number of nitrogens with one attached hydrogen (secondary N) is 1. The molecule has 5 nitrogen and oxygen atoms in total. The van der Waals surface area contributed by atoms with E-state index in [2.05, 4.69) is 21.3 Å². The molecule has 1 unspecified atom stereocenters. The van der Waals surface area contributed by atoms with Crippen molar-refractivity contribution in [3.8, 4) is 0 Å².